The summed E-state index contributed by atoms with van der Waals surface area (Å²) >= 11 is 1.63. The van der Waals surface area contributed by atoms with E-state index in [9.17, 15) is 9.59 Å². The highest BCUT2D eigenvalue weighted by Gasteiger charge is 2.30. The SMILES string of the molecule is O=C(OCC(=O)N1c2ccccc2Sc2ccccc21)C(c1ccccc1)c1ccccc1. The van der Waals surface area contributed by atoms with Crippen molar-refractivity contribution in [1.29, 1.82) is 0 Å². The van der Waals surface area contributed by atoms with Crippen LogP contribution in [0.15, 0.2) is 119 Å². The van der Waals surface area contributed by atoms with E-state index in [1.807, 2.05) is 109 Å². The number of carbonyl (C=O) groups excluding carboxylic acids is 2. The highest BCUT2D eigenvalue weighted by atomic mass is 32.2. The van der Waals surface area contributed by atoms with Gasteiger partial charge in [0.15, 0.2) is 6.61 Å². The molecule has 0 saturated carbocycles. The second-order valence-electron chi connectivity index (χ2n) is 7.63. The first kappa shape index (κ1) is 21.0. The number of esters is 1. The lowest BCUT2D eigenvalue weighted by Crippen LogP contribution is -2.33. The van der Waals surface area contributed by atoms with Crippen LogP contribution in [0.5, 0.6) is 0 Å². The fourth-order valence-electron chi connectivity index (χ4n) is 4.01. The maximum Gasteiger partial charge on any atom is 0.318 e. The average Bonchev–Trinajstić information content (AvgIpc) is 2.87. The normalized spacial score (nSPS) is 12.1. The van der Waals surface area contributed by atoms with E-state index in [0.29, 0.717) is 0 Å². The van der Waals surface area contributed by atoms with Crippen molar-refractivity contribution in [2.45, 2.75) is 15.7 Å². The van der Waals surface area contributed by atoms with Gasteiger partial charge < -0.3 is 4.74 Å². The van der Waals surface area contributed by atoms with Crippen LogP contribution in [-0.4, -0.2) is 18.5 Å². The highest BCUT2D eigenvalue weighted by Crippen LogP contribution is 2.47. The highest BCUT2D eigenvalue weighted by molar-refractivity contribution is 7.99. The van der Waals surface area contributed by atoms with Gasteiger partial charge in [0.2, 0.25) is 0 Å². The summed E-state index contributed by atoms with van der Waals surface area (Å²) in [5.41, 5.74) is 3.24. The molecule has 0 aromatic heterocycles. The first-order valence-corrected chi connectivity index (χ1v) is 11.5. The van der Waals surface area contributed by atoms with Crippen LogP contribution in [0.1, 0.15) is 17.0 Å². The van der Waals surface area contributed by atoms with Crippen molar-refractivity contribution in [3.63, 3.8) is 0 Å². The van der Waals surface area contributed by atoms with Gasteiger partial charge in [0.25, 0.3) is 5.91 Å². The monoisotopic (exact) mass is 451 g/mol. The molecule has 162 valence electrons. The van der Waals surface area contributed by atoms with Crippen LogP contribution in [0.3, 0.4) is 0 Å². The van der Waals surface area contributed by atoms with Crippen molar-refractivity contribution in [3.8, 4) is 0 Å². The van der Waals surface area contributed by atoms with E-state index in [-0.39, 0.29) is 12.5 Å². The molecule has 1 aliphatic rings. The van der Waals surface area contributed by atoms with Gasteiger partial charge in [-0.2, -0.15) is 0 Å². The Morgan fingerprint density at radius 2 is 1.12 bits per heavy atom. The standard InChI is InChI=1S/C28H21NO3S/c30-26(29-22-15-7-9-17-24(22)33-25-18-10-8-16-23(25)29)19-32-28(31)27(20-11-3-1-4-12-20)21-13-5-2-6-14-21/h1-18,27H,19H2. The maximum absolute atomic E-state index is 13.4. The van der Waals surface area contributed by atoms with Crippen LogP contribution in [-0.2, 0) is 14.3 Å². The minimum Gasteiger partial charge on any atom is -0.455 e. The van der Waals surface area contributed by atoms with Gasteiger partial charge >= 0.3 is 5.97 Å². The molecule has 1 amide bonds. The summed E-state index contributed by atoms with van der Waals surface area (Å²) < 4.78 is 5.62. The number of anilines is 2. The van der Waals surface area contributed by atoms with Gasteiger partial charge in [-0.15, -0.1) is 0 Å². The van der Waals surface area contributed by atoms with E-state index in [4.69, 9.17) is 4.74 Å². The fourth-order valence-corrected chi connectivity index (χ4v) is 5.07. The smallest absolute Gasteiger partial charge is 0.318 e. The Balaban J connectivity index is 1.40. The molecular formula is C28H21NO3S. The van der Waals surface area contributed by atoms with Crippen molar-refractivity contribution >= 4 is 35.0 Å². The molecule has 0 atom stereocenters. The predicted molar refractivity (Wildman–Crippen MR) is 130 cm³/mol. The van der Waals surface area contributed by atoms with Crippen LogP contribution < -0.4 is 4.90 Å². The molecule has 0 aliphatic carbocycles. The lowest BCUT2D eigenvalue weighted by Gasteiger charge is -2.31. The zero-order chi connectivity index (χ0) is 22.6. The predicted octanol–water partition coefficient (Wildman–Crippen LogP) is 6.19. The Morgan fingerprint density at radius 3 is 1.64 bits per heavy atom. The third-order valence-electron chi connectivity index (χ3n) is 5.52. The van der Waals surface area contributed by atoms with E-state index in [1.165, 1.54) is 0 Å². The Morgan fingerprint density at radius 1 is 0.667 bits per heavy atom. The molecule has 0 bridgehead atoms. The second kappa shape index (κ2) is 9.35. The second-order valence-corrected chi connectivity index (χ2v) is 8.71. The molecule has 0 radical (unpaired) electrons. The Hall–Kier alpha value is -3.83. The van der Waals surface area contributed by atoms with Crippen LogP contribution >= 0.6 is 11.8 Å². The van der Waals surface area contributed by atoms with Crippen molar-refractivity contribution in [2.75, 3.05) is 11.5 Å². The summed E-state index contributed by atoms with van der Waals surface area (Å²) in [7, 11) is 0. The third-order valence-corrected chi connectivity index (χ3v) is 6.65. The number of nitrogens with zero attached hydrogens (tertiary/aromatic N) is 1. The van der Waals surface area contributed by atoms with Gasteiger partial charge in [-0.25, -0.2) is 0 Å². The third kappa shape index (κ3) is 4.28. The summed E-state index contributed by atoms with van der Waals surface area (Å²) in [5.74, 6) is -1.34. The van der Waals surface area contributed by atoms with Crippen molar-refractivity contribution < 1.29 is 14.3 Å². The molecular weight excluding hydrogens is 430 g/mol. The number of para-hydroxylation sites is 2. The number of rotatable bonds is 5. The first-order chi connectivity index (χ1) is 16.2. The number of hydrogen-bond donors (Lipinski definition) is 0. The number of ether oxygens (including phenoxy) is 1. The van der Waals surface area contributed by atoms with Gasteiger partial charge in [-0.3, -0.25) is 14.5 Å². The van der Waals surface area contributed by atoms with Crippen molar-refractivity contribution in [1.82, 2.24) is 0 Å². The Kier molecular flexibility index (Phi) is 5.96. The molecule has 0 fully saturated rings. The molecule has 0 saturated heterocycles. The van der Waals surface area contributed by atoms with E-state index in [2.05, 4.69) is 0 Å². The lowest BCUT2D eigenvalue weighted by atomic mass is 9.91. The zero-order valence-corrected chi connectivity index (χ0v) is 18.6. The van der Waals surface area contributed by atoms with Crippen LogP contribution in [0.25, 0.3) is 0 Å². The molecule has 5 rings (SSSR count). The molecule has 33 heavy (non-hydrogen) atoms. The lowest BCUT2D eigenvalue weighted by molar-refractivity contribution is -0.148. The molecule has 5 heteroatoms. The Bertz CT molecular complexity index is 1210. The Labute approximate surface area is 196 Å². The van der Waals surface area contributed by atoms with E-state index >= 15 is 0 Å². The molecule has 4 aromatic carbocycles. The van der Waals surface area contributed by atoms with E-state index < -0.39 is 11.9 Å². The average molecular weight is 452 g/mol. The quantitative estimate of drug-likeness (QED) is 0.339. The number of amides is 1. The molecule has 0 spiro atoms. The molecule has 0 N–H and O–H groups in total. The largest absolute Gasteiger partial charge is 0.455 e. The summed E-state index contributed by atoms with van der Waals surface area (Å²) in [4.78, 5) is 30.2. The topological polar surface area (TPSA) is 46.6 Å². The summed E-state index contributed by atoms with van der Waals surface area (Å²) in [6, 6.07) is 34.5. The number of carbonyl (C=O) groups is 2. The summed E-state index contributed by atoms with van der Waals surface area (Å²) in [6.07, 6.45) is 0. The van der Waals surface area contributed by atoms with Gasteiger partial charge in [0, 0.05) is 9.79 Å². The zero-order valence-electron chi connectivity index (χ0n) is 17.8. The number of fused-ring (bicyclic) bond motifs is 2. The minimum atomic E-state index is -0.600. The van der Waals surface area contributed by atoms with Gasteiger partial charge in [-0.1, -0.05) is 96.7 Å². The molecule has 1 aliphatic heterocycles. The minimum absolute atomic E-state index is 0.288. The van der Waals surface area contributed by atoms with E-state index in [1.54, 1.807) is 16.7 Å². The molecule has 0 unspecified atom stereocenters. The van der Waals surface area contributed by atoms with Gasteiger partial charge in [-0.05, 0) is 35.4 Å². The van der Waals surface area contributed by atoms with Crippen molar-refractivity contribution in [2.24, 2.45) is 0 Å². The maximum atomic E-state index is 13.4. The number of benzene rings is 4. The van der Waals surface area contributed by atoms with Crippen molar-refractivity contribution in [3.05, 3.63) is 120 Å². The summed E-state index contributed by atoms with van der Waals surface area (Å²) in [5, 5.41) is 0. The summed E-state index contributed by atoms with van der Waals surface area (Å²) in [6.45, 7) is -0.345. The molecule has 4 nitrogen and oxygen atoms in total. The molecule has 1 heterocycles. The molecule has 4 aromatic rings. The van der Waals surface area contributed by atoms with Crippen LogP contribution in [0.2, 0.25) is 0 Å². The van der Waals surface area contributed by atoms with Gasteiger partial charge in [0.1, 0.15) is 5.92 Å². The van der Waals surface area contributed by atoms with Crippen LogP contribution in [0.4, 0.5) is 11.4 Å². The van der Waals surface area contributed by atoms with Crippen LogP contribution in [0, 0.1) is 0 Å². The number of hydrogen-bond acceptors (Lipinski definition) is 4. The first-order valence-electron chi connectivity index (χ1n) is 10.7. The fraction of sp³-hybridized carbons (Fsp3) is 0.0714. The van der Waals surface area contributed by atoms with E-state index in [0.717, 1.165) is 32.3 Å². The van der Waals surface area contributed by atoms with Gasteiger partial charge in [0.05, 0.1) is 11.4 Å².